The summed E-state index contributed by atoms with van der Waals surface area (Å²) in [6, 6.07) is 12.4. The summed E-state index contributed by atoms with van der Waals surface area (Å²) >= 11 is 0. The predicted molar refractivity (Wildman–Crippen MR) is 97.5 cm³/mol. The van der Waals surface area contributed by atoms with Gasteiger partial charge in [0, 0.05) is 12.2 Å². The lowest BCUT2D eigenvalue weighted by molar-refractivity contribution is 0.409. The van der Waals surface area contributed by atoms with E-state index in [1.54, 1.807) is 7.11 Å². The third-order valence-corrected chi connectivity index (χ3v) is 3.59. The van der Waals surface area contributed by atoms with Gasteiger partial charge in [-0.2, -0.15) is 0 Å². The molecule has 122 valence electrons. The quantitative estimate of drug-likeness (QED) is 0.655. The highest BCUT2D eigenvalue weighted by Crippen LogP contribution is 2.20. The smallest absolute Gasteiger partial charge is 0.193 e. The molecule has 2 rings (SSSR count). The predicted octanol–water partition coefficient (Wildman–Crippen LogP) is 3.59. The molecule has 0 fully saturated rings. The Bertz CT molecular complexity index is 688. The van der Waals surface area contributed by atoms with Gasteiger partial charge in [0.05, 0.1) is 7.11 Å². The third-order valence-electron chi connectivity index (χ3n) is 3.59. The minimum atomic E-state index is 0.432. The molecule has 0 aromatic heterocycles. The SMILES string of the molecule is COc1ccc(C)cc1CCN=C(N)Nc1cc(C)cc(C)c1. The topological polar surface area (TPSA) is 59.6 Å². The molecule has 0 heterocycles. The maximum atomic E-state index is 5.98. The van der Waals surface area contributed by atoms with Crippen LogP contribution in [0.3, 0.4) is 0 Å². The van der Waals surface area contributed by atoms with Crippen molar-refractivity contribution in [3.8, 4) is 5.75 Å². The van der Waals surface area contributed by atoms with Gasteiger partial charge in [-0.3, -0.25) is 4.99 Å². The van der Waals surface area contributed by atoms with Gasteiger partial charge in [-0.1, -0.05) is 23.8 Å². The molecule has 0 spiro atoms. The summed E-state index contributed by atoms with van der Waals surface area (Å²) in [5, 5.41) is 3.15. The third kappa shape index (κ3) is 5.02. The minimum absolute atomic E-state index is 0.432. The van der Waals surface area contributed by atoms with E-state index in [2.05, 4.69) is 55.3 Å². The van der Waals surface area contributed by atoms with Crippen LogP contribution >= 0.6 is 0 Å². The van der Waals surface area contributed by atoms with E-state index in [1.165, 1.54) is 16.7 Å². The van der Waals surface area contributed by atoms with Crippen LogP contribution in [0.2, 0.25) is 0 Å². The fraction of sp³-hybridized carbons (Fsp3) is 0.316. The summed E-state index contributed by atoms with van der Waals surface area (Å²) < 4.78 is 5.38. The molecule has 2 aromatic carbocycles. The molecule has 0 radical (unpaired) electrons. The average molecular weight is 311 g/mol. The van der Waals surface area contributed by atoms with Crippen LogP contribution < -0.4 is 15.8 Å². The van der Waals surface area contributed by atoms with Crippen molar-refractivity contribution in [2.75, 3.05) is 19.0 Å². The van der Waals surface area contributed by atoms with E-state index < -0.39 is 0 Å². The summed E-state index contributed by atoms with van der Waals surface area (Å²) in [7, 11) is 1.69. The number of rotatable bonds is 5. The van der Waals surface area contributed by atoms with Crippen LogP contribution in [-0.2, 0) is 6.42 Å². The highest BCUT2D eigenvalue weighted by atomic mass is 16.5. The average Bonchev–Trinajstić information content (AvgIpc) is 2.46. The number of guanidine groups is 1. The first kappa shape index (κ1) is 16.9. The van der Waals surface area contributed by atoms with E-state index in [-0.39, 0.29) is 0 Å². The van der Waals surface area contributed by atoms with Crippen molar-refractivity contribution in [1.29, 1.82) is 0 Å². The monoisotopic (exact) mass is 311 g/mol. The first-order chi connectivity index (χ1) is 11.0. The molecule has 0 aliphatic heterocycles. The van der Waals surface area contributed by atoms with Crippen LogP contribution in [0.25, 0.3) is 0 Å². The summed E-state index contributed by atoms with van der Waals surface area (Å²) in [6.45, 7) is 6.82. The molecule has 0 unspecified atom stereocenters. The van der Waals surface area contributed by atoms with E-state index in [4.69, 9.17) is 10.5 Å². The Balaban J connectivity index is 1.98. The molecular weight excluding hydrogens is 286 g/mol. The number of aryl methyl sites for hydroxylation is 3. The van der Waals surface area contributed by atoms with Crippen molar-refractivity contribution in [3.63, 3.8) is 0 Å². The fourth-order valence-corrected chi connectivity index (χ4v) is 2.63. The highest BCUT2D eigenvalue weighted by molar-refractivity contribution is 5.92. The lowest BCUT2D eigenvalue weighted by Gasteiger charge is -2.10. The summed E-state index contributed by atoms with van der Waals surface area (Å²) in [4.78, 5) is 4.41. The zero-order valence-corrected chi connectivity index (χ0v) is 14.3. The Morgan fingerprint density at radius 1 is 1.04 bits per heavy atom. The largest absolute Gasteiger partial charge is 0.496 e. The molecule has 3 N–H and O–H groups in total. The lowest BCUT2D eigenvalue weighted by atomic mass is 10.1. The summed E-state index contributed by atoms with van der Waals surface area (Å²) in [5.74, 6) is 1.33. The molecule has 0 aliphatic carbocycles. The molecule has 0 saturated heterocycles. The molecule has 23 heavy (non-hydrogen) atoms. The Morgan fingerprint density at radius 3 is 2.39 bits per heavy atom. The standard InChI is InChI=1S/C19H25N3O/c1-13-5-6-18(23-4)16(10-13)7-8-21-19(20)22-17-11-14(2)9-15(3)12-17/h5-6,9-12H,7-8H2,1-4H3,(H3,20,21,22). The van der Waals surface area contributed by atoms with Gasteiger partial charge in [-0.05, 0) is 62.1 Å². The van der Waals surface area contributed by atoms with Gasteiger partial charge in [-0.15, -0.1) is 0 Å². The molecule has 0 aliphatic rings. The first-order valence-corrected chi connectivity index (χ1v) is 7.76. The Hall–Kier alpha value is -2.49. The second-order valence-corrected chi connectivity index (χ2v) is 5.83. The van der Waals surface area contributed by atoms with Gasteiger partial charge in [0.2, 0.25) is 0 Å². The van der Waals surface area contributed by atoms with Crippen LogP contribution in [0, 0.1) is 20.8 Å². The van der Waals surface area contributed by atoms with Crippen LogP contribution in [0.1, 0.15) is 22.3 Å². The molecule has 4 heteroatoms. The summed E-state index contributed by atoms with van der Waals surface area (Å²) in [5.41, 5.74) is 11.7. The fourth-order valence-electron chi connectivity index (χ4n) is 2.63. The number of hydrogen-bond acceptors (Lipinski definition) is 2. The van der Waals surface area contributed by atoms with Gasteiger partial charge in [0.25, 0.3) is 0 Å². The van der Waals surface area contributed by atoms with Crippen LogP contribution in [0.15, 0.2) is 41.4 Å². The van der Waals surface area contributed by atoms with Crippen molar-refractivity contribution in [2.24, 2.45) is 10.7 Å². The van der Waals surface area contributed by atoms with E-state index in [0.29, 0.717) is 12.5 Å². The molecule has 4 nitrogen and oxygen atoms in total. The Labute approximate surface area is 138 Å². The molecule has 2 aromatic rings. The molecule has 0 saturated carbocycles. The Kier molecular flexibility index (Phi) is 5.63. The van der Waals surface area contributed by atoms with Gasteiger partial charge in [0.1, 0.15) is 5.75 Å². The number of anilines is 1. The maximum Gasteiger partial charge on any atom is 0.193 e. The number of nitrogens with two attached hydrogens (primary N) is 1. The molecule has 0 atom stereocenters. The summed E-state index contributed by atoms with van der Waals surface area (Å²) in [6.07, 6.45) is 0.792. The van der Waals surface area contributed by atoms with E-state index >= 15 is 0 Å². The lowest BCUT2D eigenvalue weighted by Crippen LogP contribution is -2.23. The zero-order valence-electron chi connectivity index (χ0n) is 14.3. The van der Waals surface area contributed by atoms with Crippen LogP contribution in [-0.4, -0.2) is 19.6 Å². The maximum absolute atomic E-state index is 5.98. The second-order valence-electron chi connectivity index (χ2n) is 5.83. The first-order valence-electron chi connectivity index (χ1n) is 7.76. The van der Waals surface area contributed by atoms with Crippen molar-refractivity contribution in [1.82, 2.24) is 0 Å². The number of benzene rings is 2. The number of methoxy groups -OCH3 is 1. The Morgan fingerprint density at radius 2 is 1.74 bits per heavy atom. The van der Waals surface area contributed by atoms with Gasteiger partial charge >= 0.3 is 0 Å². The highest BCUT2D eigenvalue weighted by Gasteiger charge is 2.03. The van der Waals surface area contributed by atoms with Crippen molar-refractivity contribution < 1.29 is 4.74 Å². The van der Waals surface area contributed by atoms with Crippen LogP contribution in [0.4, 0.5) is 5.69 Å². The van der Waals surface area contributed by atoms with Crippen molar-refractivity contribution in [2.45, 2.75) is 27.2 Å². The minimum Gasteiger partial charge on any atom is -0.496 e. The number of nitrogens with zero attached hydrogens (tertiary/aromatic N) is 1. The molecule has 0 amide bonds. The van der Waals surface area contributed by atoms with E-state index in [0.717, 1.165) is 23.4 Å². The second kappa shape index (κ2) is 7.68. The van der Waals surface area contributed by atoms with E-state index in [1.807, 2.05) is 12.1 Å². The number of hydrogen-bond donors (Lipinski definition) is 2. The zero-order chi connectivity index (χ0) is 16.8. The van der Waals surface area contributed by atoms with Gasteiger partial charge in [-0.25, -0.2) is 0 Å². The number of ether oxygens (including phenoxy) is 1. The normalized spacial score (nSPS) is 11.4. The number of nitrogens with one attached hydrogen (secondary N) is 1. The van der Waals surface area contributed by atoms with Crippen molar-refractivity contribution in [3.05, 3.63) is 58.7 Å². The van der Waals surface area contributed by atoms with E-state index in [9.17, 15) is 0 Å². The molecular formula is C19H25N3O. The van der Waals surface area contributed by atoms with Crippen LogP contribution in [0.5, 0.6) is 5.75 Å². The van der Waals surface area contributed by atoms with Crippen molar-refractivity contribution >= 4 is 11.6 Å². The van der Waals surface area contributed by atoms with Gasteiger partial charge in [0.15, 0.2) is 5.96 Å². The molecule has 0 bridgehead atoms. The van der Waals surface area contributed by atoms with Gasteiger partial charge < -0.3 is 15.8 Å². The number of aliphatic imine (C=N–C) groups is 1.